The topological polar surface area (TPSA) is 110 Å². The molecule has 1 N–H and O–H groups in total. The normalized spacial score (nSPS) is 15.4. The van der Waals surface area contributed by atoms with Crippen molar-refractivity contribution in [1.82, 2.24) is 4.72 Å². The van der Waals surface area contributed by atoms with Crippen molar-refractivity contribution in [2.24, 2.45) is 0 Å². The third-order valence-electron chi connectivity index (χ3n) is 4.69. The van der Waals surface area contributed by atoms with Crippen LogP contribution in [-0.4, -0.2) is 44.5 Å². The van der Waals surface area contributed by atoms with Gasteiger partial charge in [-0.1, -0.05) is 30.3 Å². The lowest BCUT2D eigenvalue weighted by Gasteiger charge is -2.33. The number of hydrogen-bond acceptors (Lipinski definition) is 6. The van der Waals surface area contributed by atoms with Crippen LogP contribution in [0.2, 0.25) is 0 Å². The molecule has 0 atom stereocenters. The molecule has 1 heterocycles. The van der Waals surface area contributed by atoms with Crippen LogP contribution in [0.5, 0.6) is 0 Å². The third kappa shape index (κ3) is 4.73. The number of nitrogens with one attached hydrogen (secondary N) is 1. The highest BCUT2D eigenvalue weighted by molar-refractivity contribution is 7.88. The van der Waals surface area contributed by atoms with E-state index in [-0.39, 0.29) is 23.1 Å². The van der Waals surface area contributed by atoms with E-state index in [9.17, 15) is 23.3 Å². The molecule has 0 aromatic heterocycles. The number of sulfonamides is 1. The first-order chi connectivity index (χ1) is 13.2. The van der Waals surface area contributed by atoms with Gasteiger partial charge in [0, 0.05) is 36.3 Å². The van der Waals surface area contributed by atoms with Gasteiger partial charge in [-0.3, -0.25) is 14.9 Å². The maximum atomic E-state index is 12.6. The molecule has 28 heavy (non-hydrogen) atoms. The fourth-order valence-electron chi connectivity index (χ4n) is 3.38. The van der Waals surface area contributed by atoms with Gasteiger partial charge in [0.1, 0.15) is 5.69 Å². The highest BCUT2D eigenvalue weighted by atomic mass is 32.2. The van der Waals surface area contributed by atoms with Gasteiger partial charge >= 0.3 is 0 Å². The lowest BCUT2D eigenvalue weighted by atomic mass is 10.0. The van der Waals surface area contributed by atoms with Gasteiger partial charge in [0.15, 0.2) is 5.78 Å². The minimum Gasteiger partial charge on any atom is -0.366 e. The molecule has 0 saturated carbocycles. The van der Waals surface area contributed by atoms with E-state index in [1.165, 1.54) is 6.07 Å². The molecule has 0 radical (unpaired) electrons. The average molecular weight is 403 g/mol. The fraction of sp³-hybridized carbons (Fsp3) is 0.316. The third-order valence-corrected chi connectivity index (χ3v) is 5.45. The van der Waals surface area contributed by atoms with E-state index in [2.05, 4.69) is 4.72 Å². The molecule has 9 heteroatoms. The number of ketones is 1. The molecule has 2 aromatic rings. The van der Waals surface area contributed by atoms with Crippen molar-refractivity contribution in [3.8, 4) is 0 Å². The first-order valence-corrected chi connectivity index (χ1v) is 10.7. The number of carbonyl (C=O) groups is 1. The number of piperidine rings is 1. The number of carbonyl (C=O) groups excluding carboxylic acids is 1. The number of benzene rings is 2. The quantitative estimate of drug-likeness (QED) is 0.450. The number of hydrogen-bond donors (Lipinski definition) is 1. The van der Waals surface area contributed by atoms with E-state index in [4.69, 9.17) is 0 Å². The Bertz CT molecular complexity index is 984. The van der Waals surface area contributed by atoms with E-state index in [1.54, 1.807) is 42.5 Å². The number of nitro groups is 1. The predicted molar refractivity (Wildman–Crippen MR) is 106 cm³/mol. The van der Waals surface area contributed by atoms with Crippen molar-refractivity contribution < 1.29 is 18.1 Å². The molecule has 148 valence electrons. The van der Waals surface area contributed by atoms with Gasteiger partial charge in [-0.2, -0.15) is 0 Å². The van der Waals surface area contributed by atoms with Gasteiger partial charge < -0.3 is 4.90 Å². The molecule has 0 spiro atoms. The molecule has 1 aliphatic rings. The van der Waals surface area contributed by atoms with Crippen molar-refractivity contribution in [3.05, 3.63) is 69.8 Å². The SMILES string of the molecule is CS(=O)(=O)NC1CCN(c2ccc(C(=O)c3ccccc3)cc2[N+](=O)[O-])CC1. The summed E-state index contributed by atoms with van der Waals surface area (Å²) in [6, 6.07) is 12.9. The molecule has 1 aliphatic heterocycles. The summed E-state index contributed by atoms with van der Waals surface area (Å²) in [5.41, 5.74) is 1.04. The molecule has 8 nitrogen and oxygen atoms in total. The van der Waals surface area contributed by atoms with Crippen LogP contribution in [0.4, 0.5) is 11.4 Å². The highest BCUT2D eigenvalue weighted by Gasteiger charge is 2.27. The lowest BCUT2D eigenvalue weighted by molar-refractivity contribution is -0.384. The second-order valence-electron chi connectivity index (χ2n) is 6.81. The van der Waals surface area contributed by atoms with Gasteiger partial charge in [-0.15, -0.1) is 0 Å². The van der Waals surface area contributed by atoms with Crippen molar-refractivity contribution >= 4 is 27.2 Å². The smallest absolute Gasteiger partial charge is 0.293 e. The summed E-state index contributed by atoms with van der Waals surface area (Å²) >= 11 is 0. The van der Waals surface area contributed by atoms with Gasteiger partial charge in [-0.25, -0.2) is 13.1 Å². The Kier molecular flexibility index (Phi) is 5.76. The van der Waals surface area contributed by atoms with Crippen LogP contribution in [0.25, 0.3) is 0 Å². The average Bonchev–Trinajstić information content (AvgIpc) is 2.67. The zero-order valence-corrected chi connectivity index (χ0v) is 16.2. The van der Waals surface area contributed by atoms with Crippen molar-refractivity contribution in [2.75, 3.05) is 24.2 Å². The Morgan fingerprint density at radius 1 is 1.11 bits per heavy atom. The molecule has 0 bridgehead atoms. The molecule has 0 aliphatic carbocycles. The number of nitrogens with zero attached hydrogens (tertiary/aromatic N) is 2. The highest BCUT2D eigenvalue weighted by Crippen LogP contribution is 2.32. The summed E-state index contributed by atoms with van der Waals surface area (Å²) in [7, 11) is -3.28. The van der Waals surface area contributed by atoms with Crippen molar-refractivity contribution in [3.63, 3.8) is 0 Å². The minimum atomic E-state index is -3.28. The summed E-state index contributed by atoms with van der Waals surface area (Å²) in [4.78, 5) is 25.6. The minimum absolute atomic E-state index is 0.128. The molecule has 1 saturated heterocycles. The predicted octanol–water partition coefficient (Wildman–Crippen LogP) is 2.34. The Hall–Kier alpha value is -2.78. The maximum absolute atomic E-state index is 12.6. The lowest BCUT2D eigenvalue weighted by Crippen LogP contribution is -2.44. The summed E-state index contributed by atoms with van der Waals surface area (Å²) < 4.78 is 25.3. The van der Waals surface area contributed by atoms with Crippen molar-refractivity contribution in [1.29, 1.82) is 0 Å². The summed E-state index contributed by atoms with van der Waals surface area (Å²) in [6.45, 7) is 0.972. The van der Waals surface area contributed by atoms with Crippen molar-refractivity contribution in [2.45, 2.75) is 18.9 Å². The molecular weight excluding hydrogens is 382 g/mol. The Labute approximate surface area is 163 Å². The molecule has 3 rings (SSSR count). The van der Waals surface area contributed by atoms with Crippen LogP contribution in [0.1, 0.15) is 28.8 Å². The van der Waals surface area contributed by atoms with Gasteiger partial charge in [0.25, 0.3) is 5.69 Å². The standard InChI is InChI=1S/C19H21N3O5S/c1-28(26,27)20-16-9-11-21(12-10-16)17-8-7-15(13-18(17)22(24)25)19(23)14-5-3-2-4-6-14/h2-8,13,16,20H,9-12H2,1H3. The van der Waals surface area contributed by atoms with E-state index in [1.807, 2.05) is 4.90 Å². The van der Waals surface area contributed by atoms with Gasteiger partial charge in [0.2, 0.25) is 10.0 Å². The summed E-state index contributed by atoms with van der Waals surface area (Å²) in [5, 5.41) is 11.6. The Morgan fingerprint density at radius 2 is 1.75 bits per heavy atom. The first kappa shape index (κ1) is 20.0. The zero-order chi connectivity index (χ0) is 20.3. The van der Waals surface area contributed by atoms with E-state index in [0.29, 0.717) is 37.2 Å². The van der Waals surface area contributed by atoms with Crippen LogP contribution >= 0.6 is 0 Å². The monoisotopic (exact) mass is 403 g/mol. The second kappa shape index (κ2) is 8.07. The van der Waals surface area contributed by atoms with Crippen LogP contribution in [0, 0.1) is 10.1 Å². The number of rotatable bonds is 6. The summed E-state index contributed by atoms with van der Waals surface area (Å²) in [6.07, 6.45) is 2.22. The van der Waals surface area contributed by atoms with E-state index < -0.39 is 14.9 Å². The molecule has 0 unspecified atom stereocenters. The summed E-state index contributed by atoms with van der Waals surface area (Å²) in [5.74, 6) is -0.272. The number of nitro benzene ring substituents is 1. The largest absolute Gasteiger partial charge is 0.366 e. The van der Waals surface area contributed by atoms with Crippen LogP contribution in [0.15, 0.2) is 48.5 Å². The van der Waals surface area contributed by atoms with Crippen LogP contribution < -0.4 is 9.62 Å². The molecule has 0 amide bonds. The Morgan fingerprint density at radius 3 is 2.32 bits per heavy atom. The molecule has 1 fully saturated rings. The molecule has 2 aromatic carbocycles. The van der Waals surface area contributed by atoms with Crippen LogP contribution in [0.3, 0.4) is 0 Å². The van der Waals surface area contributed by atoms with Gasteiger partial charge in [0.05, 0.1) is 11.2 Å². The Balaban J connectivity index is 1.81. The van der Waals surface area contributed by atoms with Gasteiger partial charge in [-0.05, 0) is 25.0 Å². The van der Waals surface area contributed by atoms with E-state index in [0.717, 1.165) is 6.26 Å². The molecular formula is C19H21N3O5S. The number of anilines is 1. The first-order valence-electron chi connectivity index (χ1n) is 8.85. The van der Waals surface area contributed by atoms with Crippen LogP contribution in [-0.2, 0) is 10.0 Å². The van der Waals surface area contributed by atoms with E-state index >= 15 is 0 Å². The zero-order valence-electron chi connectivity index (χ0n) is 15.4. The maximum Gasteiger partial charge on any atom is 0.293 e. The fourth-order valence-corrected chi connectivity index (χ4v) is 4.22. The second-order valence-corrected chi connectivity index (χ2v) is 8.59.